The second-order valence-corrected chi connectivity index (χ2v) is 9.18. The zero-order valence-corrected chi connectivity index (χ0v) is 19.4. The minimum atomic E-state index is -0.458. The third-order valence-corrected chi connectivity index (χ3v) is 5.42. The number of carbonyl (C=O) groups excluding carboxylic acids is 1. The Balaban J connectivity index is 2.30. The highest BCUT2D eigenvalue weighted by Gasteiger charge is 2.28. The smallest absolute Gasteiger partial charge is 0.307 e. The summed E-state index contributed by atoms with van der Waals surface area (Å²) >= 11 is 0. The van der Waals surface area contributed by atoms with Crippen molar-refractivity contribution in [1.29, 1.82) is 0 Å². The van der Waals surface area contributed by atoms with Gasteiger partial charge in [0.1, 0.15) is 5.60 Å². The molecular formula is C27H39NO2. The van der Waals surface area contributed by atoms with Gasteiger partial charge in [-0.1, -0.05) is 86.8 Å². The van der Waals surface area contributed by atoms with Crippen LogP contribution in [-0.4, -0.2) is 22.5 Å². The van der Waals surface area contributed by atoms with Crippen molar-refractivity contribution < 1.29 is 9.53 Å². The zero-order valence-electron chi connectivity index (χ0n) is 19.4. The number of unbranched alkanes of at least 4 members (excludes halogenated alkanes) is 2. The first-order valence-electron chi connectivity index (χ1n) is 11.4. The Bertz CT molecular complexity index is 736. The lowest BCUT2D eigenvalue weighted by molar-refractivity contribution is -0.156. The van der Waals surface area contributed by atoms with E-state index in [1.165, 1.54) is 24.0 Å². The van der Waals surface area contributed by atoms with E-state index in [0.29, 0.717) is 6.42 Å². The van der Waals surface area contributed by atoms with Gasteiger partial charge in [-0.2, -0.15) is 0 Å². The first kappa shape index (κ1) is 24.1. The van der Waals surface area contributed by atoms with E-state index in [1.807, 2.05) is 26.8 Å². The highest BCUT2D eigenvalue weighted by atomic mass is 16.6. The Morgan fingerprint density at radius 3 is 2.13 bits per heavy atom. The summed E-state index contributed by atoms with van der Waals surface area (Å²) in [5.41, 5.74) is 2.09. The van der Waals surface area contributed by atoms with Gasteiger partial charge in [0.25, 0.3) is 0 Å². The molecule has 0 spiro atoms. The van der Waals surface area contributed by atoms with Gasteiger partial charge in [0.05, 0.1) is 6.42 Å². The molecule has 3 heteroatoms. The summed E-state index contributed by atoms with van der Waals surface area (Å²) in [6, 6.07) is 21.5. The van der Waals surface area contributed by atoms with Crippen molar-refractivity contribution in [2.24, 2.45) is 0 Å². The average molecular weight is 410 g/mol. The number of hydrogen-bond acceptors (Lipinski definition) is 3. The largest absolute Gasteiger partial charge is 0.460 e. The summed E-state index contributed by atoms with van der Waals surface area (Å²) in [6.07, 6.45) is 4.90. The molecule has 164 valence electrons. The van der Waals surface area contributed by atoms with Crippen LogP contribution >= 0.6 is 0 Å². The molecule has 0 fully saturated rings. The van der Waals surface area contributed by atoms with Crippen LogP contribution in [0, 0.1) is 0 Å². The van der Waals surface area contributed by atoms with Crippen molar-refractivity contribution >= 4 is 5.97 Å². The zero-order chi connectivity index (χ0) is 22.0. The number of rotatable bonds is 11. The Hall–Kier alpha value is -2.13. The number of benzene rings is 2. The predicted octanol–water partition coefficient (Wildman–Crippen LogP) is 6.93. The minimum Gasteiger partial charge on any atom is -0.460 e. The van der Waals surface area contributed by atoms with Crippen LogP contribution in [0.4, 0.5) is 0 Å². The predicted molar refractivity (Wildman–Crippen MR) is 125 cm³/mol. The molecule has 3 nitrogen and oxygen atoms in total. The van der Waals surface area contributed by atoms with Gasteiger partial charge in [0.2, 0.25) is 0 Å². The molecule has 0 saturated carbocycles. The summed E-state index contributed by atoms with van der Waals surface area (Å²) in [6.45, 7) is 11.1. The van der Waals surface area contributed by atoms with Crippen molar-refractivity contribution in [3.63, 3.8) is 0 Å². The molecule has 0 N–H and O–H groups in total. The summed E-state index contributed by atoms with van der Waals surface area (Å²) in [5, 5.41) is 0. The molecule has 0 unspecified atom stereocenters. The van der Waals surface area contributed by atoms with E-state index in [-0.39, 0.29) is 18.1 Å². The Labute approximate surface area is 183 Å². The normalized spacial score (nSPS) is 13.8. The average Bonchev–Trinajstić information content (AvgIpc) is 2.71. The van der Waals surface area contributed by atoms with Gasteiger partial charge in [-0.05, 0) is 45.2 Å². The van der Waals surface area contributed by atoms with Crippen molar-refractivity contribution in [1.82, 2.24) is 4.90 Å². The fourth-order valence-corrected chi connectivity index (χ4v) is 3.89. The quantitative estimate of drug-likeness (QED) is 0.298. The maximum atomic E-state index is 12.8. The summed E-state index contributed by atoms with van der Waals surface area (Å²) < 4.78 is 5.69. The van der Waals surface area contributed by atoms with Crippen LogP contribution in [0.25, 0.3) is 0 Å². The number of esters is 1. The van der Waals surface area contributed by atoms with E-state index in [4.69, 9.17) is 4.74 Å². The summed E-state index contributed by atoms with van der Waals surface area (Å²) in [5.74, 6) is -0.109. The second kappa shape index (κ2) is 11.9. The molecule has 0 radical (unpaired) electrons. The monoisotopic (exact) mass is 409 g/mol. The molecule has 0 aromatic heterocycles. The van der Waals surface area contributed by atoms with Gasteiger partial charge in [-0.25, -0.2) is 0 Å². The second-order valence-electron chi connectivity index (χ2n) is 9.18. The van der Waals surface area contributed by atoms with Crippen molar-refractivity contribution in [3.05, 3.63) is 71.8 Å². The van der Waals surface area contributed by atoms with Crippen LogP contribution in [0.15, 0.2) is 60.7 Å². The van der Waals surface area contributed by atoms with Gasteiger partial charge in [0.15, 0.2) is 0 Å². The summed E-state index contributed by atoms with van der Waals surface area (Å²) in [4.78, 5) is 15.3. The maximum absolute atomic E-state index is 12.8. The Morgan fingerprint density at radius 2 is 1.57 bits per heavy atom. The third-order valence-electron chi connectivity index (χ3n) is 5.42. The Kier molecular flexibility index (Phi) is 9.58. The molecule has 2 aromatic rings. The van der Waals surface area contributed by atoms with E-state index in [2.05, 4.69) is 73.3 Å². The van der Waals surface area contributed by atoms with Crippen molar-refractivity contribution in [2.45, 2.75) is 91.0 Å². The van der Waals surface area contributed by atoms with E-state index >= 15 is 0 Å². The molecule has 0 aliphatic rings. The molecular weight excluding hydrogens is 370 g/mol. The van der Waals surface area contributed by atoms with Crippen LogP contribution < -0.4 is 0 Å². The van der Waals surface area contributed by atoms with Crippen molar-refractivity contribution in [2.75, 3.05) is 0 Å². The molecule has 0 saturated heterocycles. The van der Waals surface area contributed by atoms with E-state index < -0.39 is 5.60 Å². The van der Waals surface area contributed by atoms with Gasteiger partial charge >= 0.3 is 5.97 Å². The van der Waals surface area contributed by atoms with Crippen LogP contribution in [-0.2, 0) is 16.1 Å². The fraction of sp³-hybridized carbons (Fsp3) is 0.519. The number of hydrogen-bond donors (Lipinski definition) is 0. The molecule has 2 aromatic carbocycles. The maximum Gasteiger partial charge on any atom is 0.307 e. The number of carbonyl (C=O) groups is 1. The van der Waals surface area contributed by atoms with E-state index in [9.17, 15) is 4.79 Å². The van der Waals surface area contributed by atoms with Crippen LogP contribution in [0.3, 0.4) is 0 Å². The first-order valence-corrected chi connectivity index (χ1v) is 11.4. The first-order chi connectivity index (χ1) is 14.3. The molecule has 0 aliphatic heterocycles. The highest BCUT2D eigenvalue weighted by molar-refractivity contribution is 5.70. The van der Waals surface area contributed by atoms with E-state index in [0.717, 1.165) is 19.4 Å². The molecule has 2 rings (SSSR count). The molecule has 30 heavy (non-hydrogen) atoms. The van der Waals surface area contributed by atoms with Crippen LogP contribution in [0.5, 0.6) is 0 Å². The number of nitrogens with zero attached hydrogens (tertiary/aromatic N) is 1. The van der Waals surface area contributed by atoms with Crippen molar-refractivity contribution in [3.8, 4) is 0 Å². The molecule has 0 amide bonds. The minimum absolute atomic E-state index is 0.109. The SMILES string of the molecule is CCCCC[C@H](CC(=O)OC(C)(C)C)N(Cc1ccccc1)[C@H](C)c1ccccc1. The topological polar surface area (TPSA) is 29.5 Å². The lowest BCUT2D eigenvalue weighted by atomic mass is 9.98. The summed E-state index contributed by atoms with van der Waals surface area (Å²) in [7, 11) is 0. The standard InChI is InChI=1S/C27H39NO2/c1-6-7-10-19-25(20-26(29)30-27(3,4)5)28(21-23-15-11-8-12-16-23)22(2)24-17-13-9-14-18-24/h8-9,11-18,22,25H,6-7,10,19-21H2,1-5H3/t22-,25-/m1/s1. The Morgan fingerprint density at radius 1 is 0.967 bits per heavy atom. The molecule has 0 aliphatic carbocycles. The van der Waals surface area contributed by atoms with Crippen LogP contribution in [0.1, 0.15) is 83.9 Å². The van der Waals surface area contributed by atoms with Crippen LogP contribution in [0.2, 0.25) is 0 Å². The number of ether oxygens (including phenoxy) is 1. The molecule has 0 bridgehead atoms. The van der Waals surface area contributed by atoms with Gasteiger partial charge in [0, 0.05) is 18.6 Å². The fourth-order valence-electron chi connectivity index (χ4n) is 3.89. The van der Waals surface area contributed by atoms with E-state index in [1.54, 1.807) is 0 Å². The molecule has 0 heterocycles. The van der Waals surface area contributed by atoms with Gasteiger partial charge in [-0.3, -0.25) is 9.69 Å². The highest BCUT2D eigenvalue weighted by Crippen LogP contribution is 2.29. The van der Waals surface area contributed by atoms with Gasteiger partial charge in [-0.15, -0.1) is 0 Å². The molecule has 2 atom stereocenters. The lowest BCUT2D eigenvalue weighted by Gasteiger charge is -2.37. The van der Waals surface area contributed by atoms with Gasteiger partial charge < -0.3 is 4.74 Å². The lowest BCUT2D eigenvalue weighted by Crippen LogP contribution is -2.39. The third kappa shape index (κ3) is 8.31.